The second kappa shape index (κ2) is 6.10. The number of aromatic nitrogens is 3. The number of carbonyl (C=O) groups excluding carboxylic acids is 1. The Labute approximate surface area is 134 Å². The van der Waals surface area contributed by atoms with Gasteiger partial charge in [0.1, 0.15) is 5.69 Å². The van der Waals surface area contributed by atoms with E-state index in [1.807, 2.05) is 13.0 Å². The molecule has 2 aromatic rings. The first-order valence-corrected chi connectivity index (χ1v) is 8.18. The predicted octanol–water partition coefficient (Wildman–Crippen LogP) is 2.01. The summed E-state index contributed by atoms with van der Waals surface area (Å²) >= 11 is 0. The van der Waals surface area contributed by atoms with Crippen molar-refractivity contribution >= 4 is 17.1 Å². The second-order valence-electron chi connectivity index (χ2n) is 6.46. The highest BCUT2D eigenvalue weighted by molar-refractivity contribution is 5.84. The Morgan fingerprint density at radius 2 is 2.22 bits per heavy atom. The third-order valence-electron chi connectivity index (χ3n) is 4.49. The molecule has 6 nitrogen and oxygen atoms in total. The number of pyridine rings is 1. The van der Waals surface area contributed by atoms with E-state index in [1.54, 1.807) is 16.8 Å². The average molecular weight is 314 g/mol. The molecule has 0 radical (unpaired) electrons. The van der Waals surface area contributed by atoms with Crippen LogP contribution in [0.15, 0.2) is 23.1 Å². The number of aryl methyl sites for hydroxylation is 1. The maximum atomic E-state index is 12.7. The Morgan fingerprint density at radius 1 is 1.43 bits per heavy atom. The van der Waals surface area contributed by atoms with Crippen molar-refractivity contribution in [3.63, 3.8) is 0 Å². The van der Waals surface area contributed by atoms with Crippen molar-refractivity contribution in [1.82, 2.24) is 19.9 Å². The molecule has 0 atom stereocenters. The minimum absolute atomic E-state index is 0.0000685. The molecule has 3 rings (SSSR count). The maximum Gasteiger partial charge on any atom is 0.274 e. The molecule has 23 heavy (non-hydrogen) atoms. The van der Waals surface area contributed by atoms with Gasteiger partial charge in [0.05, 0.1) is 12.1 Å². The van der Waals surface area contributed by atoms with Crippen molar-refractivity contribution in [2.45, 2.75) is 52.6 Å². The van der Waals surface area contributed by atoms with Crippen LogP contribution < -0.4 is 10.9 Å². The van der Waals surface area contributed by atoms with E-state index in [-0.39, 0.29) is 23.4 Å². The van der Waals surface area contributed by atoms with E-state index in [4.69, 9.17) is 0 Å². The number of unbranched alkanes of at least 4 members (excludes halogenated alkanes) is 1. The summed E-state index contributed by atoms with van der Waals surface area (Å²) in [6.45, 7) is 4.83. The van der Waals surface area contributed by atoms with Crippen molar-refractivity contribution in [2.75, 3.05) is 0 Å². The fourth-order valence-electron chi connectivity index (χ4n) is 2.57. The molecule has 0 aliphatic heterocycles. The lowest BCUT2D eigenvalue weighted by atomic mass is 10.1. The van der Waals surface area contributed by atoms with Gasteiger partial charge in [0.25, 0.3) is 5.56 Å². The quantitative estimate of drug-likeness (QED) is 0.885. The van der Waals surface area contributed by atoms with Crippen LogP contribution >= 0.6 is 0 Å². The van der Waals surface area contributed by atoms with E-state index >= 15 is 0 Å². The van der Waals surface area contributed by atoms with E-state index in [1.165, 1.54) is 0 Å². The van der Waals surface area contributed by atoms with Gasteiger partial charge in [-0.2, -0.15) is 0 Å². The number of nitrogens with zero attached hydrogens (tertiary/aromatic N) is 3. The predicted molar refractivity (Wildman–Crippen MR) is 87.9 cm³/mol. The molecule has 1 aliphatic carbocycles. The second-order valence-corrected chi connectivity index (χ2v) is 6.46. The third kappa shape index (κ3) is 3.11. The molecule has 2 heterocycles. The van der Waals surface area contributed by atoms with Crippen LogP contribution in [0.1, 0.15) is 45.2 Å². The summed E-state index contributed by atoms with van der Waals surface area (Å²) in [5.41, 5.74) is 1.25. The summed E-state index contributed by atoms with van der Waals surface area (Å²) in [6.07, 6.45) is 5.40. The van der Waals surface area contributed by atoms with Gasteiger partial charge in [-0.15, -0.1) is 0 Å². The van der Waals surface area contributed by atoms with Crippen LogP contribution in [0.25, 0.3) is 11.2 Å². The first kappa shape index (κ1) is 15.6. The molecule has 1 fully saturated rings. The molecule has 1 saturated carbocycles. The fraction of sp³-hybridized carbons (Fsp3) is 0.529. The molecule has 1 N–H and O–H groups in total. The van der Waals surface area contributed by atoms with Crippen LogP contribution in [0.3, 0.4) is 0 Å². The molecule has 0 spiro atoms. The highest BCUT2D eigenvalue weighted by Crippen LogP contribution is 2.44. The summed E-state index contributed by atoms with van der Waals surface area (Å²) < 4.78 is 1.72. The SMILES string of the molecule is CCCCn1c(=O)c(CNC(=O)C2(C)CC2)nc2ncccc21. The molecular weight excluding hydrogens is 292 g/mol. The zero-order valence-electron chi connectivity index (χ0n) is 13.6. The number of fused-ring (bicyclic) bond motifs is 1. The van der Waals surface area contributed by atoms with E-state index in [2.05, 4.69) is 22.2 Å². The molecule has 0 unspecified atom stereocenters. The van der Waals surface area contributed by atoms with Crippen LogP contribution in [-0.2, 0) is 17.9 Å². The van der Waals surface area contributed by atoms with Gasteiger partial charge >= 0.3 is 0 Å². The lowest BCUT2D eigenvalue weighted by Crippen LogP contribution is -2.34. The van der Waals surface area contributed by atoms with E-state index in [0.29, 0.717) is 17.9 Å². The van der Waals surface area contributed by atoms with E-state index in [9.17, 15) is 9.59 Å². The van der Waals surface area contributed by atoms with Crippen molar-refractivity contribution < 1.29 is 4.79 Å². The lowest BCUT2D eigenvalue weighted by molar-refractivity contribution is -0.125. The largest absolute Gasteiger partial charge is 0.350 e. The van der Waals surface area contributed by atoms with Crippen LogP contribution in [0, 0.1) is 5.41 Å². The number of hydrogen-bond acceptors (Lipinski definition) is 4. The van der Waals surface area contributed by atoms with Gasteiger partial charge in [0, 0.05) is 18.2 Å². The molecule has 2 aromatic heterocycles. The molecule has 0 bridgehead atoms. The topological polar surface area (TPSA) is 76.9 Å². The zero-order valence-corrected chi connectivity index (χ0v) is 13.6. The number of amides is 1. The van der Waals surface area contributed by atoms with Crippen molar-refractivity contribution in [2.24, 2.45) is 5.41 Å². The normalized spacial score (nSPS) is 15.6. The summed E-state index contributed by atoms with van der Waals surface area (Å²) in [4.78, 5) is 33.4. The molecule has 0 aromatic carbocycles. The van der Waals surface area contributed by atoms with Crippen LogP contribution in [0.5, 0.6) is 0 Å². The first-order chi connectivity index (χ1) is 11.0. The Balaban J connectivity index is 1.91. The van der Waals surface area contributed by atoms with Crippen molar-refractivity contribution in [3.05, 3.63) is 34.4 Å². The number of nitrogens with one attached hydrogen (secondary N) is 1. The Morgan fingerprint density at radius 3 is 2.91 bits per heavy atom. The van der Waals surface area contributed by atoms with Gasteiger partial charge in [-0.1, -0.05) is 20.3 Å². The van der Waals surface area contributed by atoms with Crippen LogP contribution in [-0.4, -0.2) is 20.4 Å². The van der Waals surface area contributed by atoms with Crippen molar-refractivity contribution in [3.8, 4) is 0 Å². The van der Waals surface area contributed by atoms with Crippen molar-refractivity contribution in [1.29, 1.82) is 0 Å². The van der Waals surface area contributed by atoms with E-state index in [0.717, 1.165) is 31.2 Å². The van der Waals surface area contributed by atoms with Gasteiger partial charge in [-0.25, -0.2) is 9.97 Å². The summed E-state index contributed by atoms with van der Waals surface area (Å²) in [5, 5.41) is 2.85. The molecule has 6 heteroatoms. The van der Waals surface area contributed by atoms with Gasteiger partial charge in [0.2, 0.25) is 5.91 Å². The van der Waals surface area contributed by atoms with E-state index < -0.39 is 0 Å². The monoisotopic (exact) mass is 314 g/mol. The first-order valence-electron chi connectivity index (χ1n) is 8.18. The molecule has 0 saturated heterocycles. The van der Waals surface area contributed by atoms with Crippen LogP contribution in [0.4, 0.5) is 0 Å². The zero-order chi connectivity index (χ0) is 16.4. The average Bonchev–Trinajstić information content (AvgIpc) is 3.31. The maximum absolute atomic E-state index is 12.7. The van der Waals surface area contributed by atoms with Gasteiger partial charge < -0.3 is 9.88 Å². The van der Waals surface area contributed by atoms with Gasteiger partial charge in [-0.3, -0.25) is 9.59 Å². The Bertz CT molecular complexity index is 793. The summed E-state index contributed by atoms with van der Waals surface area (Å²) in [5.74, 6) is -0.0000685. The highest BCUT2D eigenvalue weighted by Gasteiger charge is 2.44. The lowest BCUT2D eigenvalue weighted by Gasteiger charge is -2.13. The molecule has 1 aliphatic rings. The van der Waals surface area contributed by atoms with Crippen LogP contribution in [0.2, 0.25) is 0 Å². The minimum atomic E-state index is -0.254. The Kier molecular flexibility index (Phi) is 4.15. The van der Waals surface area contributed by atoms with Gasteiger partial charge in [0.15, 0.2) is 5.65 Å². The molecule has 122 valence electrons. The molecule has 1 amide bonds. The Hall–Kier alpha value is -2.24. The number of hydrogen-bond donors (Lipinski definition) is 1. The fourth-order valence-corrected chi connectivity index (χ4v) is 2.57. The summed E-state index contributed by atoms with van der Waals surface area (Å²) in [6, 6.07) is 3.67. The number of carbonyl (C=O) groups is 1. The third-order valence-corrected chi connectivity index (χ3v) is 4.49. The highest BCUT2D eigenvalue weighted by atomic mass is 16.2. The van der Waals surface area contributed by atoms with Gasteiger partial charge in [-0.05, 0) is 31.4 Å². The summed E-state index contributed by atoms with van der Waals surface area (Å²) in [7, 11) is 0. The smallest absolute Gasteiger partial charge is 0.274 e. The minimum Gasteiger partial charge on any atom is -0.350 e. The molecular formula is C17H22N4O2. The number of rotatable bonds is 6. The standard InChI is InChI=1S/C17H22N4O2/c1-3-4-10-21-13-6-5-9-18-14(13)20-12(15(21)22)11-19-16(23)17(2)7-8-17/h5-6,9H,3-4,7-8,10-11H2,1-2H3,(H,19,23).